The maximum absolute atomic E-state index is 12.6. The number of carbonyl (C=O) groups is 2. The summed E-state index contributed by atoms with van der Waals surface area (Å²) < 4.78 is 1.61. The SMILES string of the molecule is Cc1ccc(CNC(=O)c2ccccc2NCC(=O)Nc2cc(C)nn2C)cc1. The first-order valence-electron chi connectivity index (χ1n) is 9.39. The molecule has 2 amide bonds. The van der Waals surface area contributed by atoms with Crippen molar-refractivity contribution in [1.82, 2.24) is 15.1 Å². The van der Waals surface area contributed by atoms with Crippen molar-refractivity contribution in [2.45, 2.75) is 20.4 Å². The number of nitrogens with one attached hydrogen (secondary N) is 3. The minimum absolute atomic E-state index is 0.0342. The maximum atomic E-state index is 12.6. The van der Waals surface area contributed by atoms with Crippen molar-refractivity contribution in [2.24, 2.45) is 7.05 Å². The molecule has 3 aromatic rings. The fourth-order valence-electron chi connectivity index (χ4n) is 2.91. The molecule has 150 valence electrons. The number of rotatable bonds is 7. The molecule has 0 saturated carbocycles. The van der Waals surface area contributed by atoms with Gasteiger partial charge in [-0.2, -0.15) is 5.10 Å². The van der Waals surface area contributed by atoms with Gasteiger partial charge >= 0.3 is 0 Å². The third-order valence-electron chi connectivity index (χ3n) is 4.45. The van der Waals surface area contributed by atoms with Crippen LogP contribution in [0.2, 0.25) is 0 Å². The number of para-hydroxylation sites is 1. The quantitative estimate of drug-likeness (QED) is 0.578. The molecule has 0 radical (unpaired) electrons. The van der Waals surface area contributed by atoms with Gasteiger partial charge in [0, 0.05) is 25.3 Å². The van der Waals surface area contributed by atoms with Crippen LogP contribution in [0, 0.1) is 13.8 Å². The second-order valence-electron chi connectivity index (χ2n) is 6.91. The first kappa shape index (κ1) is 20.1. The normalized spacial score (nSPS) is 10.4. The molecule has 7 nitrogen and oxygen atoms in total. The molecule has 0 atom stereocenters. The largest absolute Gasteiger partial charge is 0.375 e. The Balaban J connectivity index is 1.59. The summed E-state index contributed by atoms with van der Waals surface area (Å²) in [5, 5.41) is 13.0. The first-order valence-corrected chi connectivity index (χ1v) is 9.39. The molecule has 0 unspecified atom stereocenters. The number of hydrogen-bond donors (Lipinski definition) is 3. The minimum Gasteiger partial charge on any atom is -0.375 e. The number of aryl methyl sites for hydroxylation is 3. The predicted molar refractivity (Wildman–Crippen MR) is 114 cm³/mol. The highest BCUT2D eigenvalue weighted by molar-refractivity contribution is 6.00. The number of anilines is 2. The van der Waals surface area contributed by atoms with E-state index in [1.54, 1.807) is 36.0 Å². The van der Waals surface area contributed by atoms with Crippen molar-refractivity contribution in [1.29, 1.82) is 0 Å². The Hall–Kier alpha value is -3.61. The van der Waals surface area contributed by atoms with E-state index in [0.717, 1.165) is 11.3 Å². The molecule has 1 heterocycles. The number of amides is 2. The van der Waals surface area contributed by atoms with Gasteiger partial charge in [-0.3, -0.25) is 14.3 Å². The Labute approximate surface area is 170 Å². The second kappa shape index (κ2) is 9.05. The zero-order valence-corrected chi connectivity index (χ0v) is 16.8. The summed E-state index contributed by atoms with van der Waals surface area (Å²) in [6, 6.07) is 16.9. The van der Waals surface area contributed by atoms with Gasteiger partial charge < -0.3 is 16.0 Å². The van der Waals surface area contributed by atoms with Gasteiger partial charge in [-0.1, -0.05) is 42.0 Å². The van der Waals surface area contributed by atoms with Gasteiger partial charge in [-0.15, -0.1) is 0 Å². The molecule has 0 aliphatic rings. The molecule has 2 aromatic carbocycles. The molecule has 29 heavy (non-hydrogen) atoms. The van der Waals surface area contributed by atoms with E-state index in [-0.39, 0.29) is 18.4 Å². The molecule has 0 spiro atoms. The average molecular weight is 391 g/mol. The van der Waals surface area contributed by atoms with Gasteiger partial charge in [-0.05, 0) is 31.5 Å². The predicted octanol–water partition coefficient (Wildman–Crippen LogP) is 3.02. The van der Waals surface area contributed by atoms with Gasteiger partial charge in [-0.25, -0.2) is 0 Å². The molecule has 3 N–H and O–H groups in total. The molecule has 0 fully saturated rings. The van der Waals surface area contributed by atoms with Crippen LogP contribution in [-0.4, -0.2) is 28.1 Å². The third-order valence-corrected chi connectivity index (χ3v) is 4.45. The molecule has 0 bridgehead atoms. The Kier molecular flexibility index (Phi) is 6.29. The van der Waals surface area contributed by atoms with E-state index in [1.807, 2.05) is 44.2 Å². The highest BCUT2D eigenvalue weighted by atomic mass is 16.2. The van der Waals surface area contributed by atoms with Crippen LogP contribution in [-0.2, 0) is 18.4 Å². The molecule has 3 rings (SSSR count). The zero-order chi connectivity index (χ0) is 20.8. The molecular weight excluding hydrogens is 366 g/mol. The van der Waals surface area contributed by atoms with Crippen LogP contribution in [0.15, 0.2) is 54.6 Å². The summed E-state index contributed by atoms with van der Waals surface area (Å²) in [5.74, 6) is 0.206. The average Bonchev–Trinajstić information content (AvgIpc) is 3.02. The lowest BCUT2D eigenvalue weighted by Gasteiger charge is -2.12. The molecular formula is C22H25N5O2. The smallest absolute Gasteiger partial charge is 0.253 e. The van der Waals surface area contributed by atoms with Gasteiger partial charge in [0.25, 0.3) is 5.91 Å². The highest BCUT2D eigenvalue weighted by Gasteiger charge is 2.12. The minimum atomic E-state index is -0.220. The fourth-order valence-corrected chi connectivity index (χ4v) is 2.91. The van der Waals surface area contributed by atoms with E-state index in [1.165, 1.54) is 5.56 Å². The summed E-state index contributed by atoms with van der Waals surface area (Å²) in [6.07, 6.45) is 0. The van der Waals surface area contributed by atoms with Crippen LogP contribution in [0.3, 0.4) is 0 Å². The van der Waals surface area contributed by atoms with Crippen LogP contribution in [0.25, 0.3) is 0 Å². The van der Waals surface area contributed by atoms with E-state index in [9.17, 15) is 9.59 Å². The number of hydrogen-bond acceptors (Lipinski definition) is 4. The lowest BCUT2D eigenvalue weighted by molar-refractivity contribution is -0.114. The second-order valence-corrected chi connectivity index (χ2v) is 6.91. The summed E-state index contributed by atoms with van der Waals surface area (Å²) in [6.45, 7) is 4.36. The lowest BCUT2D eigenvalue weighted by Crippen LogP contribution is -2.26. The van der Waals surface area contributed by atoms with E-state index < -0.39 is 0 Å². The molecule has 0 saturated heterocycles. The zero-order valence-electron chi connectivity index (χ0n) is 16.8. The number of aromatic nitrogens is 2. The summed E-state index contributed by atoms with van der Waals surface area (Å²) in [4.78, 5) is 24.9. The third kappa shape index (κ3) is 5.44. The molecule has 1 aromatic heterocycles. The van der Waals surface area contributed by atoms with Crippen molar-refractivity contribution in [2.75, 3.05) is 17.2 Å². The highest BCUT2D eigenvalue weighted by Crippen LogP contribution is 2.15. The Morgan fingerprint density at radius 2 is 1.76 bits per heavy atom. The van der Waals surface area contributed by atoms with E-state index in [0.29, 0.717) is 23.6 Å². The Morgan fingerprint density at radius 3 is 2.45 bits per heavy atom. The van der Waals surface area contributed by atoms with Gasteiger partial charge in [0.1, 0.15) is 5.82 Å². The van der Waals surface area contributed by atoms with Gasteiger partial charge in [0.2, 0.25) is 5.91 Å². The Morgan fingerprint density at radius 1 is 1.03 bits per heavy atom. The van der Waals surface area contributed by atoms with E-state index in [4.69, 9.17) is 0 Å². The standard InChI is InChI=1S/C22H25N5O2/c1-15-8-10-17(11-9-15)13-24-22(29)18-6-4-5-7-19(18)23-14-21(28)25-20-12-16(2)26-27(20)3/h4-12,23H,13-14H2,1-3H3,(H,24,29)(H,25,28). The topological polar surface area (TPSA) is 88.1 Å². The van der Waals surface area contributed by atoms with E-state index >= 15 is 0 Å². The maximum Gasteiger partial charge on any atom is 0.253 e. The van der Waals surface area contributed by atoms with Crippen LogP contribution >= 0.6 is 0 Å². The van der Waals surface area contributed by atoms with Crippen LogP contribution in [0.1, 0.15) is 27.2 Å². The number of nitrogens with zero attached hydrogens (tertiary/aromatic N) is 2. The molecule has 7 heteroatoms. The molecule has 0 aliphatic heterocycles. The fraction of sp³-hybridized carbons (Fsp3) is 0.227. The van der Waals surface area contributed by atoms with Gasteiger partial charge in [0.15, 0.2) is 0 Å². The van der Waals surface area contributed by atoms with Crippen molar-refractivity contribution in [3.8, 4) is 0 Å². The van der Waals surface area contributed by atoms with Gasteiger partial charge in [0.05, 0.1) is 17.8 Å². The van der Waals surface area contributed by atoms with Crippen LogP contribution in [0.4, 0.5) is 11.5 Å². The summed E-state index contributed by atoms with van der Waals surface area (Å²) >= 11 is 0. The number of benzene rings is 2. The first-order chi connectivity index (χ1) is 13.9. The summed E-state index contributed by atoms with van der Waals surface area (Å²) in [7, 11) is 1.77. The van der Waals surface area contributed by atoms with Crippen molar-refractivity contribution in [3.63, 3.8) is 0 Å². The summed E-state index contributed by atoms with van der Waals surface area (Å²) in [5.41, 5.74) is 4.12. The Bertz CT molecular complexity index is 1010. The van der Waals surface area contributed by atoms with Crippen molar-refractivity contribution in [3.05, 3.63) is 77.0 Å². The lowest BCUT2D eigenvalue weighted by atomic mass is 10.1. The van der Waals surface area contributed by atoms with Crippen LogP contribution in [0.5, 0.6) is 0 Å². The molecule has 0 aliphatic carbocycles. The van der Waals surface area contributed by atoms with E-state index in [2.05, 4.69) is 21.0 Å². The number of carbonyl (C=O) groups excluding carboxylic acids is 2. The monoisotopic (exact) mass is 391 g/mol. The van der Waals surface area contributed by atoms with Crippen molar-refractivity contribution >= 4 is 23.3 Å². The van der Waals surface area contributed by atoms with Crippen molar-refractivity contribution < 1.29 is 9.59 Å². The van der Waals surface area contributed by atoms with Crippen LogP contribution < -0.4 is 16.0 Å².